The van der Waals surface area contributed by atoms with Crippen LogP contribution >= 0.6 is 0 Å². The molecule has 0 radical (unpaired) electrons. The summed E-state index contributed by atoms with van der Waals surface area (Å²) >= 11 is 0. The van der Waals surface area contributed by atoms with E-state index in [1.165, 1.54) is 0 Å². The minimum Gasteiger partial charge on any atom is -0.397 e. The van der Waals surface area contributed by atoms with Crippen LogP contribution in [0.15, 0.2) is 36.2 Å². The normalized spacial score (nSPS) is 12.8. The molecule has 0 aliphatic rings. The monoisotopic (exact) mass is 166 g/mol. The molecule has 0 heterocycles. The van der Waals surface area contributed by atoms with Crippen LogP contribution in [0, 0.1) is 0 Å². The van der Waals surface area contributed by atoms with Crippen molar-refractivity contribution in [2.75, 3.05) is 6.54 Å². The summed E-state index contributed by atoms with van der Waals surface area (Å²) in [4.78, 5) is 0. The Kier molecular flexibility index (Phi) is 5.88. The van der Waals surface area contributed by atoms with Crippen LogP contribution in [0.5, 0.6) is 0 Å². The number of allylic oxidation sites excluding steroid dienone is 3. The van der Waals surface area contributed by atoms with Crippen molar-refractivity contribution in [3.8, 4) is 0 Å². The van der Waals surface area contributed by atoms with Crippen molar-refractivity contribution in [1.82, 2.24) is 5.32 Å². The Morgan fingerprint density at radius 1 is 1.58 bits per heavy atom. The summed E-state index contributed by atoms with van der Waals surface area (Å²) in [5, 5.41) is 3.22. The van der Waals surface area contributed by atoms with E-state index < -0.39 is 0 Å². The molecule has 0 atom stereocenters. The molecule has 0 fully saturated rings. The van der Waals surface area contributed by atoms with E-state index in [0.29, 0.717) is 5.70 Å². The quantitative estimate of drug-likeness (QED) is 0.612. The summed E-state index contributed by atoms with van der Waals surface area (Å²) in [6.45, 7) is 8.63. The Bertz CT molecular complexity index is 190. The fourth-order valence-electron chi connectivity index (χ4n) is 0.794. The van der Waals surface area contributed by atoms with Crippen molar-refractivity contribution in [2.45, 2.75) is 20.3 Å². The number of nitrogens with two attached hydrogens (primary N) is 1. The fraction of sp³-hybridized carbons (Fsp3) is 0.400. The molecule has 0 aromatic heterocycles. The van der Waals surface area contributed by atoms with E-state index in [4.69, 9.17) is 5.73 Å². The van der Waals surface area contributed by atoms with E-state index in [0.717, 1.165) is 18.7 Å². The van der Waals surface area contributed by atoms with Crippen LogP contribution in [-0.2, 0) is 0 Å². The molecule has 0 bridgehead atoms. The van der Waals surface area contributed by atoms with Gasteiger partial charge in [-0.2, -0.15) is 0 Å². The second-order valence-electron chi connectivity index (χ2n) is 2.50. The largest absolute Gasteiger partial charge is 0.397 e. The van der Waals surface area contributed by atoms with Crippen LogP contribution in [0.1, 0.15) is 20.3 Å². The highest BCUT2D eigenvalue weighted by Crippen LogP contribution is 1.98. The maximum Gasteiger partial charge on any atom is 0.0570 e. The highest BCUT2D eigenvalue weighted by Gasteiger charge is 1.93. The average Bonchev–Trinajstić information content (AvgIpc) is 2.11. The van der Waals surface area contributed by atoms with Gasteiger partial charge in [0.05, 0.1) is 11.4 Å². The van der Waals surface area contributed by atoms with Crippen LogP contribution in [0.4, 0.5) is 0 Å². The van der Waals surface area contributed by atoms with Crippen molar-refractivity contribution in [2.24, 2.45) is 5.73 Å². The Balaban J connectivity index is 4.31. The number of rotatable bonds is 5. The van der Waals surface area contributed by atoms with E-state index in [-0.39, 0.29) is 0 Å². The molecule has 0 saturated heterocycles. The molecule has 12 heavy (non-hydrogen) atoms. The molecule has 0 rings (SSSR count). The molecule has 0 unspecified atom stereocenters. The van der Waals surface area contributed by atoms with Crippen LogP contribution in [0.25, 0.3) is 0 Å². The van der Waals surface area contributed by atoms with Crippen LogP contribution < -0.4 is 11.1 Å². The van der Waals surface area contributed by atoms with Gasteiger partial charge in [-0.1, -0.05) is 19.6 Å². The second-order valence-corrected chi connectivity index (χ2v) is 2.50. The van der Waals surface area contributed by atoms with Crippen LogP contribution in [0.2, 0.25) is 0 Å². The molecule has 0 aliphatic heterocycles. The summed E-state index contributed by atoms with van der Waals surface area (Å²) in [7, 11) is 0. The Hall–Kier alpha value is -1.18. The molecular formula is C10H18N2. The number of nitrogens with one attached hydrogen (secondary N) is 1. The Morgan fingerprint density at radius 3 is 2.67 bits per heavy atom. The van der Waals surface area contributed by atoms with Gasteiger partial charge in [0.25, 0.3) is 0 Å². The van der Waals surface area contributed by atoms with E-state index >= 15 is 0 Å². The highest BCUT2D eigenvalue weighted by molar-refractivity contribution is 5.28. The first-order chi connectivity index (χ1) is 5.76. The van der Waals surface area contributed by atoms with Gasteiger partial charge in [-0.25, -0.2) is 0 Å². The van der Waals surface area contributed by atoms with E-state index in [2.05, 4.69) is 18.8 Å². The first-order valence-electron chi connectivity index (χ1n) is 4.25. The molecule has 2 heteroatoms. The molecule has 0 saturated carbocycles. The average molecular weight is 166 g/mol. The maximum atomic E-state index is 5.69. The lowest BCUT2D eigenvalue weighted by Gasteiger charge is -2.07. The number of hydrogen-bond acceptors (Lipinski definition) is 2. The topological polar surface area (TPSA) is 38.0 Å². The predicted molar refractivity (Wildman–Crippen MR) is 54.5 cm³/mol. The minimum atomic E-state index is 0.696. The lowest BCUT2D eigenvalue weighted by atomic mass is 10.3. The first kappa shape index (κ1) is 10.8. The third-order valence-corrected chi connectivity index (χ3v) is 1.43. The second kappa shape index (κ2) is 6.53. The van der Waals surface area contributed by atoms with Crippen molar-refractivity contribution in [3.05, 3.63) is 36.2 Å². The third kappa shape index (κ3) is 3.86. The molecule has 3 N–H and O–H groups in total. The van der Waals surface area contributed by atoms with Gasteiger partial charge in [0, 0.05) is 6.54 Å². The van der Waals surface area contributed by atoms with Crippen molar-refractivity contribution >= 4 is 0 Å². The predicted octanol–water partition coefficient (Wildman–Crippen LogP) is 1.92. The Labute approximate surface area is 74.8 Å². The van der Waals surface area contributed by atoms with Crippen molar-refractivity contribution in [1.29, 1.82) is 0 Å². The summed E-state index contributed by atoms with van der Waals surface area (Å²) in [5.41, 5.74) is 7.34. The molecule has 2 nitrogen and oxygen atoms in total. The Morgan fingerprint density at radius 2 is 2.25 bits per heavy atom. The van der Waals surface area contributed by atoms with Gasteiger partial charge in [0.2, 0.25) is 0 Å². The van der Waals surface area contributed by atoms with Gasteiger partial charge >= 0.3 is 0 Å². The maximum absolute atomic E-state index is 5.69. The van der Waals surface area contributed by atoms with E-state index in [9.17, 15) is 0 Å². The van der Waals surface area contributed by atoms with Gasteiger partial charge in [-0.05, 0) is 25.5 Å². The van der Waals surface area contributed by atoms with E-state index in [1.54, 1.807) is 6.08 Å². The minimum absolute atomic E-state index is 0.696. The number of hydrogen-bond donors (Lipinski definition) is 2. The summed E-state index contributed by atoms with van der Waals surface area (Å²) in [6.07, 6.45) is 6.64. The van der Waals surface area contributed by atoms with E-state index in [1.807, 2.05) is 19.1 Å². The molecule has 0 aromatic carbocycles. The van der Waals surface area contributed by atoms with Gasteiger partial charge in [-0.15, -0.1) is 0 Å². The lowest BCUT2D eigenvalue weighted by Crippen LogP contribution is -2.16. The lowest BCUT2D eigenvalue weighted by molar-refractivity contribution is 0.778. The summed E-state index contributed by atoms with van der Waals surface area (Å²) < 4.78 is 0. The van der Waals surface area contributed by atoms with Crippen LogP contribution in [0.3, 0.4) is 0 Å². The van der Waals surface area contributed by atoms with Crippen molar-refractivity contribution < 1.29 is 0 Å². The van der Waals surface area contributed by atoms with Gasteiger partial charge in [-0.3, -0.25) is 0 Å². The first-order valence-corrected chi connectivity index (χ1v) is 4.25. The molecule has 0 aliphatic carbocycles. The van der Waals surface area contributed by atoms with Crippen LogP contribution in [-0.4, -0.2) is 6.54 Å². The zero-order chi connectivity index (χ0) is 9.40. The van der Waals surface area contributed by atoms with Crippen molar-refractivity contribution in [3.63, 3.8) is 0 Å². The van der Waals surface area contributed by atoms with Gasteiger partial charge in [0.1, 0.15) is 0 Å². The zero-order valence-electron chi connectivity index (χ0n) is 7.93. The highest BCUT2D eigenvalue weighted by atomic mass is 14.9. The summed E-state index contributed by atoms with van der Waals surface area (Å²) in [5.74, 6) is 0. The molecular weight excluding hydrogens is 148 g/mol. The van der Waals surface area contributed by atoms with Gasteiger partial charge < -0.3 is 11.1 Å². The molecule has 0 spiro atoms. The fourth-order valence-corrected chi connectivity index (χ4v) is 0.794. The smallest absolute Gasteiger partial charge is 0.0570 e. The molecule has 68 valence electrons. The molecule has 0 aromatic rings. The molecule has 0 amide bonds. The summed E-state index contributed by atoms with van der Waals surface area (Å²) in [6, 6.07) is 0. The zero-order valence-corrected chi connectivity index (χ0v) is 7.93. The standard InChI is InChI=1S/C10H18N2/c1-4-7-10(9(11)6-3)12-8-5-2/h4,6-7,12H,3,5,8,11H2,1-2H3/b7-4-,10-9-. The SMILES string of the molecule is C=C/C(N)=C(\C=C/C)NCCC. The van der Waals surface area contributed by atoms with Gasteiger partial charge in [0.15, 0.2) is 0 Å². The third-order valence-electron chi connectivity index (χ3n) is 1.43.